The summed E-state index contributed by atoms with van der Waals surface area (Å²) in [6, 6.07) is 1.13. The SMILES string of the molecule is Nc1[nH]ncc1CNC(=O)c1cc(Cl)ncc1[N+](=O)[O-]. The van der Waals surface area contributed by atoms with Gasteiger partial charge in [-0.25, -0.2) is 4.98 Å². The van der Waals surface area contributed by atoms with Crippen molar-refractivity contribution >= 4 is 29.0 Å². The summed E-state index contributed by atoms with van der Waals surface area (Å²) in [5.74, 6) is -0.339. The van der Waals surface area contributed by atoms with Crippen LogP contribution >= 0.6 is 11.6 Å². The fraction of sp³-hybridized carbons (Fsp3) is 0.100. The molecule has 0 aliphatic rings. The zero-order chi connectivity index (χ0) is 14.7. The Kier molecular flexibility index (Phi) is 3.80. The van der Waals surface area contributed by atoms with Crippen molar-refractivity contribution in [3.63, 3.8) is 0 Å². The first kappa shape index (κ1) is 13.7. The Bertz CT molecular complexity index is 671. The Labute approximate surface area is 117 Å². The number of nitrogens with one attached hydrogen (secondary N) is 2. The van der Waals surface area contributed by atoms with E-state index < -0.39 is 16.5 Å². The number of pyridine rings is 1. The number of amides is 1. The van der Waals surface area contributed by atoms with Gasteiger partial charge in [0.05, 0.1) is 11.1 Å². The lowest BCUT2D eigenvalue weighted by atomic mass is 10.2. The fourth-order valence-electron chi connectivity index (χ4n) is 1.48. The number of nitrogens with zero attached hydrogens (tertiary/aromatic N) is 3. The minimum absolute atomic E-state index is 0.0106. The molecule has 0 radical (unpaired) electrons. The van der Waals surface area contributed by atoms with E-state index in [0.717, 1.165) is 12.3 Å². The zero-order valence-electron chi connectivity index (χ0n) is 9.96. The molecule has 10 heteroatoms. The number of aromatic amines is 1. The molecule has 0 aromatic carbocycles. The summed E-state index contributed by atoms with van der Waals surface area (Å²) >= 11 is 5.64. The number of H-pyrrole nitrogens is 1. The fourth-order valence-corrected chi connectivity index (χ4v) is 1.64. The van der Waals surface area contributed by atoms with E-state index in [1.54, 1.807) is 0 Å². The first-order valence-corrected chi connectivity index (χ1v) is 5.72. The van der Waals surface area contributed by atoms with Gasteiger partial charge < -0.3 is 11.1 Å². The number of hydrogen-bond acceptors (Lipinski definition) is 6. The number of halogens is 1. The third kappa shape index (κ3) is 2.83. The molecule has 2 aromatic rings. The van der Waals surface area contributed by atoms with Crippen LogP contribution in [0.1, 0.15) is 15.9 Å². The van der Waals surface area contributed by atoms with Crippen LogP contribution in [0.25, 0.3) is 0 Å². The van der Waals surface area contributed by atoms with Crippen LogP contribution in [-0.2, 0) is 6.54 Å². The van der Waals surface area contributed by atoms with Crippen molar-refractivity contribution in [3.8, 4) is 0 Å². The summed E-state index contributed by atoms with van der Waals surface area (Å²) in [7, 11) is 0. The van der Waals surface area contributed by atoms with Gasteiger partial charge in [-0.05, 0) is 6.07 Å². The highest BCUT2D eigenvalue weighted by Crippen LogP contribution is 2.20. The lowest BCUT2D eigenvalue weighted by Gasteiger charge is -2.05. The Balaban J connectivity index is 2.19. The largest absolute Gasteiger partial charge is 0.384 e. The molecule has 20 heavy (non-hydrogen) atoms. The van der Waals surface area contributed by atoms with E-state index in [-0.39, 0.29) is 17.3 Å². The molecule has 9 nitrogen and oxygen atoms in total. The van der Waals surface area contributed by atoms with Gasteiger partial charge in [0.2, 0.25) is 0 Å². The molecule has 2 aromatic heterocycles. The smallest absolute Gasteiger partial charge is 0.300 e. The normalized spacial score (nSPS) is 10.2. The van der Waals surface area contributed by atoms with Crippen molar-refractivity contribution in [1.82, 2.24) is 20.5 Å². The van der Waals surface area contributed by atoms with Gasteiger partial charge in [-0.1, -0.05) is 11.6 Å². The van der Waals surface area contributed by atoms with E-state index in [0.29, 0.717) is 11.4 Å². The van der Waals surface area contributed by atoms with Crippen LogP contribution in [0, 0.1) is 10.1 Å². The zero-order valence-corrected chi connectivity index (χ0v) is 10.7. The number of nitro groups is 1. The number of aromatic nitrogens is 3. The van der Waals surface area contributed by atoms with E-state index in [9.17, 15) is 14.9 Å². The number of nitrogen functional groups attached to an aromatic ring is 1. The van der Waals surface area contributed by atoms with E-state index in [1.807, 2.05) is 0 Å². The van der Waals surface area contributed by atoms with Crippen molar-refractivity contribution in [2.45, 2.75) is 6.54 Å². The molecule has 0 bridgehead atoms. The molecule has 4 N–H and O–H groups in total. The maximum atomic E-state index is 12.0. The topological polar surface area (TPSA) is 140 Å². The second-order valence-electron chi connectivity index (χ2n) is 3.77. The molecule has 0 saturated heterocycles. The van der Waals surface area contributed by atoms with Crippen molar-refractivity contribution in [1.29, 1.82) is 0 Å². The Hall–Kier alpha value is -2.68. The molecule has 0 unspecified atom stereocenters. The average Bonchev–Trinajstić information content (AvgIpc) is 2.81. The summed E-state index contributed by atoms with van der Waals surface area (Å²) in [6.45, 7) is 0.0816. The number of carbonyl (C=O) groups is 1. The minimum Gasteiger partial charge on any atom is -0.384 e. The molecule has 0 aliphatic heterocycles. The minimum atomic E-state index is -0.704. The summed E-state index contributed by atoms with van der Waals surface area (Å²) < 4.78 is 0. The predicted molar refractivity (Wildman–Crippen MR) is 70.1 cm³/mol. The maximum Gasteiger partial charge on any atom is 0.300 e. The van der Waals surface area contributed by atoms with E-state index in [4.69, 9.17) is 17.3 Å². The van der Waals surface area contributed by atoms with Gasteiger partial charge in [0, 0.05) is 12.1 Å². The second-order valence-corrected chi connectivity index (χ2v) is 4.16. The van der Waals surface area contributed by atoms with Gasteiger partial charge in [-0.2, -0.15) is 5.10 Å². The Morgan fingerprint density at radius 1 is 1.55 bits per heavy atom. The van der Waals surface area contributed by atoms with Crippen LogP contribution in [0.4, 0.5) is 11.5 Å². The molecule has 0 atom stereocenters. The first-order valence-electron chi connectivity index (χ1n) is 5.35. The van der Waals surface area contributed by atoms with Crippen molar-refractivity contribution < 1.29 is 9.72 Å². The molecule has 1 amide bonds. The third-order valence-corrected chi connectivity index (χ3v) is 2.69. The molecule has 0 saturated carbocycles. The Morgan fingerprint density at radius 3 is 2.90 bits per heavy atom. The highest BCUT2D eigenvalue weighted by molar-refractivity contribution is 6.29. The van der Waals surface area contributed by atoms with Crippen LogP contribution in [0.5, 0.6) is 0 Å². The molecule has 0 fully saturated rings. The quantitative estimate of drug-likeness (QED) is 0.434. The van der Waals surface area contributed by atoms with E-state index in [1.165, 1.54) is 6.20 Å². The van der Waals surface area contributed by atoms with Crippen LogP contribution in [0.15, 0.2) is 18.5 Å². The molecular weight excluding hydrogens is 288 g/mol. The summed E-state index contributed by atoms with van der Waals surface area (Å²) in [4.78, 5) is 25.7. The van der Waals surface area contributed by atoms with E-state index in [2.05, 4.69) is 20.5 Å². The highest BCUT2D eigenvalue weighted by atomic mass is 35.5. The van der Waals surface area contributed by atoms with E-state index >= 15 is 0 Å². The van der Waals surface area contributed by atoms with Crippen LogP contribution in [-0.4, -0.2) is 26.0 Å². The van der Waals surface area contributed by atoms with Gasteiger partial charge in [0.15, 0.2) is 0 Å². The van der Waals surface area contributed by atoms with Gasteiger partial charge in [0.25, 0.3) is 11.6 Å². The second kappa shape index (κ2) is 5.53. The predicted octanol–water partition coefficient (Wildman–Crippen LogP) is 0.878. The average molecular weight is 297 g/mol. The monoisotopic (exact) mass is 296 g/mol. The molecular formula is C10H9ClN6O3. The van der Waals surface area contributed by atoms with Crippen LogP contribution in [0.2, 0.25) is 5.15 Å². The number of carbonyl (C=O) groups excluding carboxylic acids is 1. The number of hydrogen-bond donors (Lipinski definition) is 3. The van der Waals surface area contributed by atoms with Crippen molar-refractivity contribution in [3.05, 3.63) is 44.9 Å². The molecule has 0 aliphatic carbocycles. The number of rotatable bonds is 4. The summed E-state index contributed by atoms with van der Waals surface area (Å²) in [5.41, 5.74) is 5.54. The summed E-state index contributed by atoms with van der Waals surface area (Å²) in [5, 5.41) is 19.5. The lowest BCUT2D eigenvalue weighted by Crippen LogP contribution is -2.24. The van der Waals surface area contributed by atoms with Gasteiger partial charge in [-0.3, -0.25) is 20.0 Å². The standard InChI is InChI=1S/C10H9ClN6O3/c11-8-1-6(7(4-13-8)17(19)20)10(18)14-2-5-3-15-16-9(5)12/h1,3-4H,2H2,(H,14,18)(H3,12,15,16). The van der Waals surface area contributed by atoms with Gasteiger partial charge in [-0.15, -0.1) is 0 Å². The summed E-state index contributed by atoms with van der Waals surface area (Å²) in [6.07, 6.45) is 2.38. The number of anilines is 1. The van der Waals surface area contributed by atoms with Crippen LogP contribution < -0.4 is 11.1 Å². The number of nitrogens with two attached hydrogens (primary N) is 1. The Morgan fingerprint density at radius 2 is 2.30 bits per heavy atom. The van der Waals surface area contributed by atoms with Gasteiger partial charge in [0.1, 0.15) is 22.7 Å². The lowest BCUT2D eigenvalue weighted by molar-refractivity contribution is -0.385. The first-order chi connectivity index (χ1) is 9.49. The van der Waals surface area contributed by atoms with Crippen LogP contribution in [0.3, 0.4) is 0 Å². The molecule has 2 rings (SSSR count). The van der Waals surface area contributed by atoms with Crippen molar-refractivity contribution in [2.75, 3.05) is 5.73 Å². The van der Waals surface area contributed by atoms with Gasteiger partial charge >= 0.3 is 0 Å². The molecule has 0 spiro atoms. The highest BCUT2D eigenvalue weighted by Gasteiger charge is 2.21. The molecule has 104 valence electrons. The van der Waals surface area contributed by atoms with Crippen molar-refractivity contribution in [2.24, 2.45) is 0 Å². The maximum absolute atomic E-state index is 12.0. The molecule has 2 heterocycles. The third-order valence-electron chi connectivity index (χ3n) is 2.48.